The fourth-order valence-corrected chi connectivity index (χ4v) is 0.941. The molecule has 15 heavy (non-hydrogen) atoms. The maximum atomic E-state index is 13.1. The highest BCUT2D eigenvalue weighted by atomic mass is 19.2. The van der Waals surface area contributed by atoms with Gasteiger partial charge in [-0.3, -0.25) is 0 Å². The zero-order valence-electron chi connectivity index (χ0n) is 7.37. The molecule has 0 spiro atoms. The molecule has 0 atom stereocenters. The van der Waals surface area contributed by atoms with Crippen LogP contribution in [0, 0.1) is 23.0 Å². The number of halogens is 2. The summed E-state index contributed by atoms with van der Waals surface area (Å²) in [4.78, 5) is 10.1. The summed E-state index contributed by atoms with van der Waals surface area (Å²) in [5.74, 6) is -3.77. The molecule has 0 fully saturated rings. The molecular weight excluding hydrogens is 204 g/mol. The maximum Gasteiger partial charge on any atom is 0.328 e. The molecule has 5 heteroatoms. The van der Waals surface area contributed by atoms with Crippen LogP contribution in [-0.4, -0.2) is 11.1 Å². The summed E-state index contributed by atoms with van der Waals surface area (Å²) >= 11 is 0. The molecule has 0 aliphatic rings. The maximum absolute atomic E-state index is 13.1. The van der Waals surface area contributed by atoms with Crippen molar-refractivity contribution in [2.75, 3.05) is 0 Å². The fourth-order valence-electron chi connectivity index (χ4n) is 0.941. The van der Waals surface area contributed by atoms with E-state index >= 15 is 0 Å². The average Bonchev–Trinajstić information content (AvgIpc) is 2.20. The van der Waals surface area contributed by atoms with E-state index in [0.29, 0.717) is 6.08 Å². The van der Waals surface area contributed by atoms with Gasteiger partial charge in [0.2, 0.25) is 0 Å². The first kappa shape index (κ1) is 10.9. The molecule has 0 unspecified atom stereocenters. The fraction of sp³-hybridized carbons (Fsp3) is 0. The van der Waals surface area contributed by atoms with E-state index in [9.17, 15) is 13.6 Å². The molecule has 1 rings (SSSR count). The van der Waals surface area contributed by atoms with Crippen molar-refractivity contribution in [2.24, 2.45) is 0 Å². The second-order valence-corrected chi connectivity index (χ2v) is 2.61. The molecule has 0 saturated heterocycles. The Morgan fingerprint density at radius 3 is 2.60 bits per heavy atom. The Balaban J connectivity index is 3.19. The van der Waals surface area contributed by atoms with Gasteiger partial charge < -0.3 is 5.11 Å². The van der Waals surface area contributed by atoms with E-state index in [0.717, 1.165) is 18.2 Å². The summed E-state index contributed by atoms with van der Waals surface area (Å²) in [7, 11) is 0. The molecule has 0 saturated carbocycles. The van der Waals surface area contributed by atoms with Gasteiger partial charge in [-0.15, -0.1) is 0 Å². The van der Waals surface area contributed by atoms with Crippen LogP contribution in [0.5, 0.6) is 0 Å². The van der Waals surface area contributed by atoms with E-state index in [2.05, 4.69) is 0 Å². The Morgan fingerprint density at radius 2 is 2.07 bits per heavy atom. The van der Waals surface area contributed by atoms with Gasteiger partial charge in [0.1, 0.15) is 6.07 Å². The first-order valence-electron chi connectivity index (χ1n) is 3.85. The monoisotopic (exact) mass is 209 g/mol. The van der Waals surface area contributed by atoms with Crippen molar-refractivity contribution in [3.63, 3.8) is 0 Å². The van der Waals surface area contributed by atoms with Crippen molar-refractivity contribution >= 4 is 12.0 Å². The van der Waals surface area contributed by atoms with Gasteiger partial charge in [0.05, 0.1) is 5.56 Å². The van der Waals surface area contributed by atoms with E-state index in [-0.39, 0.29) is 5.56 Å². The smallest absolute Gasteiger partial charge is 0.328 e. The number of nitriles is 1. The highest BCUT2D eigenvalue weighted by molar-refractivity contribution is 5.85. The predicted octanol–water partition coefficient (Wildman–Crippen LogP) is 1.93. The Labute approximate surface area is 83.9 Å². The van der Waals surface area contributed by atoms with Crippen LogP contribution >= 0.6 is 0 Å². The minimum absolute atomic E-state index is 0.214. The van der Waals surface area contributed by atoms with E-state index in [4.69, 9.17) is 10.4 Å². The molecule has 0 radical (unpaired) electrons. The van der Waals surface area contributed by atoms with Gasteiger partial charge in [0.15, 0.2) is 11.6 Å². The third kappa shape index (κ3) is 2.38. The van der Waals surface area contributed by atoms with Crippen LogP contribution in [0.1, 0.15) is 11.1 Å². The van der Waals surface area contributed by atoms with Crippen LogP contribution in [0.25, 0.3) is 6.08 Å². The third-order valence-corrected chi connectivity index (χ3v) is 1.64. The Hall–Kier alpha value is -2.22. The number of carbonyl (C=O) groups is 1. The molecule has 1 aromatic rings. The number of rotatable bonds is 2. The standard InChI is InChI=1S/C10H5F2NO2/c11-9-6(3-4-8(14)15)1-2-7(5-13)10(9)12/h1-4H,(H,14,15)/b4-3+. The van der Waals surface area contributed by atoms with E-state index in [1.54, 1.807) is 0 Å². The SMILES string of the molecule is N#Cc1ccc(/C=C/C(=O)O)c(F)c1F. The lowest BCUT2D eigenvalue weighted by Crippen LogP contribution is -1.94. The summed E-state index contributed by atoms with van der Waals surface area (Å²) in [5, 5.41) is 16.7. The Kier molecular flexibility index (Phi) is 3.13. The zero-order chi connectivity index (χ0) is 11.4. The number of aliphatic carboxylic acids is 1. The summed E-state index contributed by atoms with van der Waals surface area (Å²) in [6.45, 7) is 0. The molecule has 1 N–H and O–H groups in total. The van der Waals surface area contributed by atoms with Crippen LogP contribution in [0.2, 0.25) is 0 Å². The molecule has 0 aromatic heterocycles. The molecule has 3 nitrogen and oxygen atoms in total. The van der Waals surface area contributed by atoms with Crippen molar-refractivity contribution in [2.45, 2.75) is 0 Å². The summed E-state index contributed by atoms with van der Waals surface area (Å²) in [5.41, 5.74) is -0.631. The Bertz CT molecular complexity index is 475. The van der Waals surface area contributed by atoms with Gasteiger partial charge in [-0.05, 0) is 12.1 Å². The predicted molar refractivity (Wildman–Crippen MR) is 47.7 cm³/mol. The second kappa shape index (κ2) is 4.33. The first-order valence-corrected chi connectivity index (χ1v) is 3.85. The number of benzene rings is 1. The van der Waals surface area contributed by atoms with Crippen molar-refractivity contribution in [3.8, 4) is 6.07 Å². The highest BCUT2D eigenvalue weighted by Gasteiger charge is 2.11. The first-order chi connectivity index (χ1) is 7.06. The Morgan fingerprint density at radius 1 is 1.40 bits per heavy atom. The number of hydrogen-bond acceptors (Lipinski definition) is 2. The van der Waals surface area contributed by atoms with E-state index in [1.807, 2.05) is 0 Å². The van der Waals surface area contributed by atoms with Gasteiger partial charge in [-0.2, -0.15) is 5.26 Å². The minimum atomic E-state index is -1.27. The van der Waals surface area contributed by atoms with Gasteiger partial charge in [-0.25, -0.2) is 13.6 Å². The van der Waals surface area contributed by atoms with Gasteiger partial charge in [0, 0.05) is 11.6 Å². The normalized spacial score (nSPS) is 10.2. The minimum Gasteiger partial charge on any atom is -0.478 e. The summed E-state index contributed by atoms with van der Waals surface area (Å²) in [6.07, 6.45) is 1.60. The molecule has 0 bridgehead atoms. The van der Waals surface area contributed by atoms with Crippen LogP contribution in [0.3, 0.4) is 0 Å². The van der Waals surface area contributed by atoms with Crippen LogP contribution < -0.4 is 0 Å². The van der Waals surface area contributed by atoms with Crippen molar-refractivity contribution < 1.29 is 18.7 Å². The quantitative estimate of drug-likeness (QED) is 0.757. The molecular formula is C10H5F2NO2. The number of carboxylic acids is 1. The summed E-state index contributed by atoms with van der Waals surface area (Å²) < 4.78 is 26.1. The average molecular weight is 209 g/mol. The lowest BCUT2D eigenvalue weighted by atomic mass is 10.1. The number of hydrogen-bond donors (Lipinski definition) is 1. The molecule has 1 aromatic carbocycles. The van der Waals surface area contributed by atoms with Crippen molar-refractivity contribution in [1.82, 2.24) is 0 Å². The second-order valence-electron chi connectivity index (χ2n) is 2.61. The molecule has 0 heterocycles. The highest BCUT2D eigenvalue weighted by Crippen LogP contribution is 2.16. The van der Waals surface area contributed by atoms with Gasteiger partial charge in [-0.1, -0.05) is 6.07 Å². The van der Waals surface area contributed by atoms with Crippen LogP contribution in [0.4, 0.5) is 8.78 Å². The van der Waals surface area contributed by atoms with Crippen molar-refractivity contribution in [1.29, 1.82) is 5.26 Å². The van der Waals surface area contributed by atoms with Crippen LogP contribution in [-0.2, 0) is 4.79 Å². The molecule has 0 aliphatic heterocycles. The lowest BCUT2D eigenvalue weighted by molar-refractivity contribution is -0.131. The third-order valence-electron chi connectivity index (χ3n) is 1.64. The van der Waals surface area contributed by atoms with Gasteiger partial charge in [0.25, 0.3) is 0 Å². The largest absolute Gasteiger partial charge is 0.478 e. The topological polar surface area (TPSA) is 61.1 Å². The van der Waals surface area contributed by atoms with Gasteiger partial charge >= 0.3 is 5.97 Å². The summed E-state index contributed by atoms with van der Waals surface area (Å²) in [6, 6.07) is 3.69. The molecule has 0 amide bonds. The number of carboxylic acid groups (broad SMARTS) is 1. The number of nitrogens with zero attached hydrogens (tertiary/aromatic N) is 1. The van der Waals surface area contributed by atoms with E-state index < -0.39 is 23.2 Å². The molecule has 0 aliphatic carbocycles. The van der Waals surface area contributed by atoms with E-state index in [1.165, 1.54) is 6.07 Å². The van der Waals surface area contributed by atoms with Crippen LogP contribution in [0.15, 0.2) is 18.2 Å². The lowest BCUT2D eigenvalue weighted by Gasteiger charge is -1.99. The van der Waals surface area contributed by atoms with Crippen molar-refractivity contribution in [3.05, 3.63) is 41.0 Å². The zero-order valence-corrected chi connectivity index (χ0v) is 7.37. The molecule has 76 valence electrons.